The lowest BCUT2D eigenvalue weighted by Crippen LogP contribution is -2.35. The maximum Gasteiger partial charge on any atom is 0.152 e. The summed E-state index contributed by atoms with van der Waals surface area (Å²) in [6.07, 6.45) is 0.854. The van der Waals surface area contributed by atoms with Crippen LogP contribution < -0.4 is 5.73 Å². The molecule has 0 saturated carbocycles. The lowest BCUT2D eigenvalue weighted by Gasteiger charge is -2.21. The molecule has 1 atom stereocenters. The van der Waals surface area contributed by atoms with Gasteiger partial charge in [0.1, 0.15) is 0 Å². The fraction of sp³-hybridized carbons (Fsp3) is 0.889. The number of nitrogens with zero attached hydrogens (tertiary/aromatic N) is 1. The van der Waals surface area contributed by atoms with Crippen LogP contribution in [0.5, 0.6) is 0 Å². The minimum atomic E-state index is -0.261. The minimum Gasteiger partial charge on any atom is -0.388 e. The van der Waals surface area contributed by atoms with Gasteiger partial charge >= 0.3 is 0 Å². The lowest BCUT2D eigenvalue weighted by molar-refractivity contribution is 0.00421. The van der Waals surface area contributed by atoms with Crippen molar-refractivity contribution in [3.8, 4) is 0 Å². The summed E-state index contributed by atoms with van der Waals surface area (Å²) < 4.78 is 0. The Hall–Kier alpha value is -0.570. The molecule has 2 N–H and O–H groups in total. The second-order valence-electron chi connectivity index (χ2n) is 4.71. The summed E-state index contributed by atoms with van der Waals surface area (Å²) in [7, 11) is 0. The standard InChI is InChI=1S/C9H18N2O/c1-8(2,3)7-5-9(4,6-10)12-11-7/h5-6,10H2,1-4H3. The Morgan fingerprint density at radius 3 is 2.42 bits per heavy atom. The summed E-state index contributed by atoms with van der Waals surface area (Å²) in [5.41, 5.74) is 6.52. The largest absolute Gasteiger partial charge is 0.388 e. The zero-order valence-corrected chi connectivity index (χ0v) is 8.35. The van der Waals surface area contributed by atoms with Crippen LogP contribution >= 0.6 is 0 Å². The van der Waals surface area contributed by atoms with Gasteiger partial charge in [-0.1, -0.05) is 25.9 Å². The smallest absolute Gasteiger partial charge is 0.152 e. The number of nitrogens with two attached hydrogens (primary N) is 1. The highest BCUT2D eigenvalue weighted by molar-refractivity contribution is 5.90. The van der Waals surface area contributed by atoms with Crippen molar-refractivity contribution in [3.05, 3.63) is 0 Å². The molecule has 0 aromatic rings. The van der Waals surface area contributed by atoms with E-state index in [1.165, 1.54) is 0 Å². The van der Waals surface area contributed by atoms with Crippen molar-refractivity contribution < 1.29 is 4.84 Å². The van der Waals surface area contributed by atoms with E-state index in [1.807, 2.05) is 6.92 Å². The van der Waals surface area contributed by atoms with Crippen molar-refractivity contribution in [1.82, 2.24) is 0 Å². The van der Waals surface area contributed by atoms with E-state index in [1.54, 1.807) is 0 Å². The summed E-state index contributed by atoms with van der Waals surface area (Å²) in [5, 5.41) is 4.07. The van der Waals surface area contributed by atoms with E-state index in [0.717, 1.165) is 12.1 Å². The van der Waals surface area contributed by atoms with Crippen LogP contribution in [0.15, 0.2) is 5.16 Å². The number of rotatable bonds is 1. The van der Waals surface area contributed by atoms with Gasteiger partial charge in [0.05, 0.1) is 5.71 Å². The Kier molecular flexibility index (Phi) is 2.17. The first-order valence-corrected chi connectivity index (χ1v) is 4.33. The van der Waals surface area contributed by atoms with Gasteiger partial charge < -0.3 is 10.6 Å². The minimum absolute atomic E-state index is 0.104. The molecule has 0 fully saturated rings. The van der Waals surface area contributed by atoms with E-state index >= 15 is 0 Å². The van der Waals surface area contributed by atoms with Crippen molar-refractivity contribution in [1.29, 1.82) is 0 Å². The molecule has 1 unspecified atom stereocenters. The van der Waals surface area contributed by atoms with Gasteiger partial charge in [0.15, 0.2) is 5.60 Å². The fourth-order valence-electron chi connectivity index (χ4n) is 1.10. The second-order valence-corrected chi connectivity index (χ2v) is 4.71. The van der Waals surface area contributed by atoms with Crippen molar-refractivity contribution in [2.24, 2.45) is 16.3 Å². The average molecular weight is 170 g/mol. The first-order valence-electron chi connectivity index (χ1n) is 4.33. The van der Waals surface area contributed by atoms with Gasteiger partial charge in [0.2, 0.25) is 0 Å². The second kappa shape index (κ2) is 2.73. The third-order valence-corrected chi connectivity index (χ3v) is 2.22. The molecule has 1 heterocycles. The highest BCUT2D eigenvalue weighted by Crippen LogP contribution is 2.30. The van der Waals surface area contributed by atoms with Crippen LogP contribution in [0.1, 0.15) is 34.1 Å². The van der Waals surface area contributed by atoms with E-state index < -0.39 is 0 Å². The summed E-state index contributed by atoms with van der Waals surface area (Å²) >= 11 is 0. The van der Waals surface area contributed by atoms with Crippen molar-refractivity contribution >= 4 is 5.71 Å². The number of hydrogen-bond acceptors (Lipinski definition) is 3. The van der Waals surface area contributed by atoms with Crippen LogP contribution in [0, 0.1) is 5.41 Å². The third-order valence-electron chi connectivity index (χ3n) is 2.22. The normalized spacial score (nSPS) is 29.9. The Morgan fingerprint density at radius 1 is 1.58 bits per heavy atom. The molecule has 70 valence electrons. The van der Waals surface area contributed by atoms with Crippen LogP contribution in [0.4, 0.5) is 0 Å². The predicted molar refractivity (Wildman–Crippen MR) is 50.1 cm³/mol. The van der Waals surface area contributed by atoms with Gasteiger partial charge in [-0.15, -0.1) is 0 Å². The molecule has 0 radical (unpaired) electrons. The van der Waals surface area contributed by atoms with Gasteiger partial charge in [0.25, 0.3) is 0 Å². The monoisotopic (exact) mass is 170 g/mol. The molecule has 12 heavy (non-hydrogen) atoms. The summed E-state index contributed by atoms with van der Waals surface area (Å²) in [5.74, 6) is 0. The van der Waals surface area contributed by atoms with Crippen molar-refractivity contribution in [2.45, 2.75) is 39.7 Å². The summed E-state index contributed by atoms with van der Waals surface area (Å²) in [4.78, 5) is 5.29. The molecule has 3 heteroatoms. The molecular weight excluding hydrogens is 152 g/mol. The number of oxime groups is 1. The Bertz CT molecular complexity index is 205. The van der Waals surface area contributed by atoms with Crippen LogP contribution in [-0.4, -0.2) is 17.9 Å². The molecule has 1 rings (SSSR count). The third kappa shape index (κ3) is 1.78. The Morgan fingerprint density at radius 2 is 2.17 bits per heavy atom. The first-order chi connectivity index (χ1) is 5.37. The van der Waals surface area contributed by atoms with Gasteiger partial charge in [-0.05, 0) is 6.92 Å². The highest BCUT2D eigenvalue weighted by atomic mass is 16.7. The maximum absolute atomic E-state index is 5.58. The Balaban J connectivity index is 2.66. The van der Waals surface area contributed by atoms with Gasteiger partial charge in [-0.2, -0.15) is 0 Å². The molecule has 0 amide bonds. The zero-order valence-electron chi connectivity index (χ0n) is 8.35. The van der Waals surface area contributed by atoms with Gasteiger partial charge in [-0.25, -0.2) is 0 Å². The van der Waals surface area contributed by atoms with Gasteiger partial charge in [0, 0.05) is 18.4 Å². The first kappa shape index (κ1) is 9.52. The molecule has 0 aromatic heterocycles. The lowest BCUT2D eigenvalue weighted by atomic mass is 9.84. The quantitative estimate of drug-likeness (QED) is 0.648. The summed E-state index contributed by atoms with van der Waals surface area (Å²) in [6.45, 7) is 8.93. The highest BCUT2D eigenvalue weighted by Gasteiger charge is 2.37. The SMILES string of the molecule is CC1(CN)CC(C(C)(C)C)=NO1. The molecule has 0 spiro atoms. The summed E-state index contributed by atoms with van der Waals surface area (Å²) in [6, 6.07) is 0. The van der Waals surface area contributed by atoms with Gasteiger partial charge in [-0.3, -0.25) is 0 Å². The molecule has 0 aliphatic carbocycles. The maximum atomic E-state index is 5.58. The molecule has 3 nitrogen and oxygen atoms in total. The van der Waals surface area contributed by atoms with E-state index in [0.29, 0.717) is 6.54 Å². The van der Waals surface area contributed by atoms with Crippen LogP contribution in [-0.2, 0) is 4.84 Å². The molecular formula is C9H18N2O. The fourth-order valence-corrected chi connectivity index (χ4v) is 1.10. The molecule has 0 aromatic carbocycles. The topological polar surface area (TPSA) is 47.6 Å². The van der Waals surface area contributed by atoms with E-state index in [4.69, 9.17) is 10.6 Å². The average Bonchev–Trinajstić information content (AvgIpc) is 2.32. The molecule has 0 saturated heterocycles. The van der Waals surface area contributed by atoms with Crippen LogP contribution in [0.3, 0.4) is 0 Å². The van der Waals surface area contributed by atoms with E-state index in [-0.39, 0.29) is 11.0 Å². The van der Waals surface area contributed by atoms with Crippen LogP contribution in [0.25, 0.3) is 0 Å². The molecule has 1 aliphatic rings. The van der Waals surface area contributed by atoms with E-state index in [2.05, 4.69) is 25.9 Å². The van der Waals surface area contributed by atoms with E-state index in [9.17, 15) is 0 Å². The van der Waals surface area contributed by atoms with Crippen molar-refractivity contribution in [2.75, 3.05) is 6.54 Å². The predicted octanol–water partition coefficient (Wildman–Crippen LogP) is 1.53. The Labute approximate surface area is 74.0 Å². The number of hydrogen-bond donors (Lipinski definition) is 1. The molecule has 0 bridgehead atoms. The zero-order chi connectivity index (χ0) is 9.41. The van der Waals surface area contributed by atoms with Crippen LogP contribution in [0.2, 0.25) is 0 Å². The molecule has 1 aliphatic heterocycles. The van der Waals surface area contributed by atoms with Crippen molar-refractivity contribution in [3.63, 3.8) is 0 Å².